The highest BCUT2D eigenvalue weighted by molar-refractivity contribution is 5.28. The van der Waals surface area contributed by atoms with Crippen molar-refractivity contribution in [2.45, 2.75) is 46.3 Å². The average Bonchev–Trinajstić information content (AvgIpc) is 2.22. The third kappa shape index (κ3) is 3.30. The Morgan fingerprint density at radius 1 is 1.18 bits per heavy atom. The SMILES string of the molecule is Cc1cc(C)cc(CN2CC(C)NCC2C)c1. The van der Waals surface area contributed by atoms with Crippen LogP contribution in [0.5, 0.6) is 0 Å². The van der Waals surface area contributed by atoms with Crippen molar-refractivity contribution >= 4 is 0 Å². The van der Waals surface area contributed by atoms with Crippen LogP contribution in [0, 0.1) is 13.8 Å². The number of hydrogen-bond acceptors (Lipinski definition) is 2. The van der Waals surface area contributed by atoms with E-state index in [1.807, 2.05) is 0 Å². The van der Waals surface area contributed by atoms with Crippen LogP contribution in [0.25, 0.3) is 0 Å². The number of aryl methyl sites for hydroxylation is 2. The Labute approximate surface area is 105 Å². The molecular formula is C15H24N2. The monoisotopic (exact) mass is 232 g/mol. The van der Waals surface area contributed by atoms with Gasteiger partial charge < -0.3 is 5.32 Å². The van der Waals surface area contributed by atoms with Crippen LogP contribution in [0.3, 0.4) is 0 Å². The van der Waals surface area contributed by atoms with Gasteiger partial charge in [-0.1, -0.05) is 29.3 Å². The summed E-state index contributed by atoms with van der Waals surface area (Å²) in [5.74, 6) is 0. The van der Waals surface area contributed by atoms with Crippen molar-refractivity contribution < 1.29 is 0 Å². The quantitative estimate of drug-likeness (QED) is 0.843. The molecule has 2 nitrogen and oxygen atoms in total. The van der Waals surface area contributed by atoms with Crippen molar-refractivity contribution in [3.05, 3.63) is 34.9 Å². The van der Waals surface area contributed by atoms with E-state index in [0.29, 0.717) is 12.1 Å². The molecule has 0 radical (unpaired) electrons. The van der Waals surface area contributed by atoms with E-state index in [0.717, 1.165) is 19.6 Å². The molecule has 2 atom stereocenters. The van der Waals surface area contributed by atoms with E-state index >= 15 is 0 Å². The normalized spacial score (nSPS) is 26.1. The van der Waals surface area contributed by atoms with Crippen LogP contribution in [0.15, 0.2) is 18.2 Å². The maximum absolute atomic E-state index is 3.53. The number of benzene rings is 1. The molecule has 1 saturated heterocycles. The van der Waals surface area contributed by atoms with Gasteiger partial charge in [0, 0.05) is 31.7 Å². The van der Waals surface area contributed by atoms with Crippen molar-refractivity contribution in [1.82, 2.24) is 10.2 Å². The number of hydrogen-bond donors (Lipinski definition) is 1. The Kier molecular flexibility index (Phi) is 3.85. The molecule has 17 heavy (non-hydrogen) atoms. The third-order valence-electron chi connectivity index (χ3n) is 3.56. The molecule has 2 heteroatoms. The molecule has 1 fully saturated rings. The van der Waals surface area contributed by atoms with Gasteiger partial charge in [0.2, 0.25) is 0 Å². The van der Waals surface area contributed by atoms with Crippen molar-refractivity contribution in [2.24, 2.45) is 0 Å². The first kappa shape index (κ1) is 12.6. The average molecular weight is 232 g/mol. The first-order chi connectivity index (χ1) is 8.04. The molecule has 1 aromatic rings. The molecule has 1 aliphatic heterocycles. The van der Waals surface area contributed by atoms with E-state index in [-0.39, 0.29) is 0 Å². The van der Waals surface area contributed by atoms with E-state index < -0.39 is 0 Å². The van der Waals surface area contributed by atoms with Crippen LogP contribution in [0.4, 0.5) is 0 Å². The first-order valence-electron chi connectivity index (χ1n) is 6.59. The predicted molar refractivity (Wildman–Crippen MR) is 73.3 cm³/mol. The van der Waals surface area contributed by atoms with E-state index in [1.165, 1.54) is 16.7 Å². The molecule has 1 aromatic carbocycles. The molecule has 0 aromatic heterocycles. The van der Waals surface area contributed by atoms with Crippen LogP contribution >= 0.6 is 0 Å². The number of piperazine rings is 1. The second-order valence-corrected chi connectivity index (χ2v) is 5.58. The highest BCUT2D eigenvalue weighted by Gasteiger charge is 2.22. The van der Waals surface area contributed by atoms with Crippen LogP contribution in [-0.4, -0.2) is 30.1 Å². The zero-order valence-electron chi connectivity index (χ0n) is 11.5. The van der Waals surface area contributed by atoms with E-state index in [9.17, 15) is 0 Å². The molecule has 0 amide bonds. The minimum Gasteiger partial charge on any atom is -0.311 e. The third-order valence-corrected chi connectivity index (χ3v) is 3.56. The summed E-state index contributed by atoms with van der Waals surface area (Å²) in [6, 6.07) is 8.11. The highest BCUT2D eigenvalue weighted by atomic mass is 15.2. The lowest BCUT2D eigenvalue weighted by atomic mass is 10.0. The first-order valence-corrected chi connectivity index (χ1v) is 6.59. The van der Waals surface area contributed by atoms with Crippen LogP contribution < -0.4 is 5.32 Å². The summed E-state index contributed by atoms with van der Waals surface area (Å²) < 4.78 is 0. The fraction of sp³-hybridized carbons (Fsp3) is 0.600. The summed E-state index contributed by atoms with van der Waals surface area (Å²) in [5, 5.41) is 3.53. The molecule has 0 aliphatic carbocycles. The van der Waals surface area contributed by atoms with Crippen LogP contribution in [0.1, 0.15) is 30.5 Å². The van der Waals surface area contributed by atoms with Crippen LogP contribution in [-0.2, 0) is 6.54 Å². The Balaban J connectivity index is 2.08. The van der Waals surface area contributed by atoms with Crippen molar-refractivity contribution in [3.8, 4) is 0 Å². The van der Waals surface area contributed by atoms with E-state index in [2.05, 4.69) is 56.1 Å². The molecule has 1 heterocycles. The van der Waals surface area contributed by atoms with Gasteiger partial charge in [-0.25, -0.2) is 0 Å². The fourth-order valence-electron chi connectivity index (χ4n) is 2.71. The lowest BCUT2D eigenvalue weighted by molar-refractivity contribution is 0.139. The summed E-state index contributed by atoms with van der Waals surface area (Å²) in [5.41, 5.74) is 4.19. The summed E-state index contributed by atoms with van der Waals surface area (Å²) in [6.45, 7) is 12.3. The molecule has 1 N–H and O–H groups in total. The van der Waals surface area contributed by atoms with Crippen molar-refractivity contribution in [1.29, 1.82) is 0 Å². The predicted octanol–water partition coefficient (Wildman–Crippen LogP) is 2.49. The topological polar surface area (TPSA) is 15.3 Å². The largest absolute Gasteiger partial charge is 0.311 e. The van der Waals surface area contributed by atoms with Gasteiger partial charge in [0.15, 0.2) is 0 Å². The maximum atomic E-state index is 3.53. The summed E-state index contributed by atoms with van der Waals surface area (Å²) >= 11 is 0. The molecule has 1 aliphatic rings. The van der Waals surface area contributed by atoms with Gasteiger partial charge in [0.05, 0.1) is 0 Å². The van der Waals surface area contributed by atoms with Gasteiger partial charge >= 0.3 is 0 Å². The van der Waals surface area contributed by atoms with E-state index in [4.69, 9.17) is 0 Å². The summed E-state index contributed by atoms with van der Waals surface area (Å²) in [6.07, 6.45) is 0. The second kappa shape index (κ2) is 5.19. The smallest absolute Gasteiger partial charge is 0.0237 e. The Morgan fingerprint density at radius 2 is 1.82 bits per heavy atom. The van der Waals surface area contributed by atoms with Crippen molar-refractivity contribution in [3.63, 3.8) is 0 Å². The summed E-state index contributed by atoms with van der Waals surface area (Å²) in [4.78, 5) is 2.58. The van der Waals surface area contributed by atoms with Crippen molar-refractivity contribution in [2.75, 3.05) is 13.1 Å². The fourth-order valence-corrected chi connectivity index (χ4v) is 2.71. The standard InChI is InChI=1S/C15H24N2/c1-11-5-12(2)7-15(6-11)10-17-9-13(3)16-8-14(17)4/h5-7,13-14,16H,8-10H2,1-4H3. The zero-order chi connectivity index (χ0) is 12.4. The second-order valence-electron chi connectivity index (χ2n) is 5.58. The van der Waals surface area contributed by atoms with Gasteiger partial charge in [0.1, 0.15) is 0 Å². The van der Waals surface area contributed by atoms with Gasteiger partial charge in [-0.2, -0.15) is 0 Å². The number of nitrogens with zero attached hydrogens (tertiary/aromatic N) is 1. The molecule has 94 valence electrons. The molecule has 2 rings (SSSR count). The van der Waals surface area contributed by atoms with Gasteiger partial charge in [-0.05, 0) is 33.3 Å². The molecule has 0 saturated carbocycles. The van der Waals surface area contributed by atoms with E-state index in [1.54, 1.807) is 0 Å². The molecule has 0 bridgehead atoms. The summed E-state index contributed by atoms with van der Waals surface area (Å²) in [7, 11) is 0. The van der Waals surface area contributed by atoms with Gasteiger partial charge in [-0.15, -0.1) is 0 Å². The Hall–Kier alpha value is -0.860. The maximum Gasteiger partial charge on any atom is 0.0237 e. The Bertz CT molecular complexity index is 366. The molecular weight excluding hydrogens is 208 g/mol. The lowest BCUT2D eigenvalue weighted by Gasteiger charge is -2.37. The molecule has 0 spiro atoms. The van der Waals surface area contributed by atoms with Crippen LogP contribution in [0.2, 0.25) is 0 Å². The minimum absolute atomic E-state index is 0.608. The van der Waals surface area contributed by atoms with Gasteiger partial charge in [0.25, 0.3) is 0 Å². The molecule has 2 unspecified atom stereocenters. The number of nitrogens with one attached hydrogen (secondary N) is 1. The van der Waals surface area contributed by atoms with Gasteiger partial charge in [-0.3, -0.25) is 4.90 Å². The number of rotatable bonds is 2. The zero-order valence-corrected chi connectivity index (χ0v) is 11.5. The Morgan fingerprint density at radius 3 is 2.47 bits per heavy atom. The lowest BCUT2D eigenvalue weighted by Crippen LogP contribution is -2.53. The highest BCUT2D eigenvalue weighted by Crippen LogP contribution is 2.15. The minimum atomic E-state index is 0.608.